The number of fused-ring (bicyclic) bond motifs is 1. The zero-order chi connectivity index (χ0) is 10.3. The lowest BCUT2D eigenvalue weighted by atomic mass is 10.1. The van der Waals surface area contributed by atoms with Crippen molar-refractivity contribution in [1.29, 1.82) is 0 Å². The van der Waals surface area contributed by atoms with Crippen LogP contribution in [-0.2, 0) is 6.42 Å². The smallest absolute Gasteiger partial charge is 0.119 e. The van der Waals surface area contributed by atoms with Crippen LogP contribution in [0.15, 0.2) is 18.2 Å². The molecule has 0 aromatic heterocycles. The Morgan fingerprint density at radius 2 is 2.13 bits per heavy atom. The van der Waals surface area contributed by atoms with Crippen LogP contribution in [0.25, 0.3) is 0 Å². The Labute approximate surface area is 90.3 Å². The van der Waals surface area contributed by atoms with E-state index in [-0.39, 0.29) is 0 Å². The number of aromatic hydroxyl groups is 1. The highest BCUT2D eigenvalue weighted by Crippen LogP contribution is 2.37. The molecule has 2 aliphatic rings. The minimum absolute atomic E-state index is 0.475. The zero-order valence-corrected chi connectivity index (χ0v) is 8.87. The quantitative estimate of drug-likeness (QED) is 0.790. The van der Waals surface area contributed by atoms with Crippen molar-refractivity contribution in [3.05, 3.63) is 29.3 Å². The molecule has 0 aliphatic heterocycles. The topological polar surface area (TPSA) is 32.3 Å². The first-order valence-electron chi connectivity index (χ1n) is 5.89. The number of phenolic OH excluding ortho intramolecular Hbond substituents is 1. The summed E-state index contributed by atoms with van der Waals surface area (Å²) < 4.78 is 0. The van der Waals surface area contributed by atoms with E-state index < -0.39 is 0 Å². The largest absolute Gasteiger partial charge is 0.508 e. The molecule has 1 unspecified atom stereocenters. The Hall–Kier alpha value is -1.02. The van der Waals surface area contributed by atoms with Gasteiger partial charge in [-0.3, -0.25) is 0 Å². The number of phenols is 1. The van der Waals surface area contributed by atoms with E-state index in [1.165, 1.54) is 18.4 Å². The van der Waals surface area contributed by atoms with E-state index in [1.54, 1.807) is 6.07 Å². The molecule has 0 bridgehead atoms. The molecule has 0 saturated heterocycles. The van der Waals surface area contributed by atoms with Crippen molar-refractivity contribution >= 4 is 0 Å². The van der Waals surface area contributed by atoms with Gasteiger partial charge in [0.15, 0.2) is 0 Å². The fraction of sp³-hybridized carbons (Fsp3) is 0.538. The highest BCUT2D eigenvalue weighted by atomic mass is 16.3. The summed E-state index contributed by atoms with van der Waals surface area (Å²) in [5.41, 5.74) is 2.47. The second-order valence-corrected chi connectivity index (χ2v) is 4.79. The number of rotatable bonds is 3. The summed E-state index contributed by atoms with van der Waals surface area (Å²) in [6.45, 7) is 1.15. The minimum atomic E-state index is 0.475. The van der Waals surface area contributed by atoms with E-state index >= 15 is 0 Å². The van der Waals surface area contributed by atoms with Gasteiger partial charge in [-0.1, -0.05) is 12.1 Å². The molecule has 15 heavy (non-hydrogen) atoms. The number of nitrogens with one attached hydrogen (secondary N) is 1. The third kappa shape index (κ3) is 1.74. The van der Waals surface area contributed by atoms with Crippen molar-refractivity contribution < 1.29 is 5.11 Å². The summed E-state index contributed by atoms with van der Waals surface area (Å²) in [4.78, 5) is 0. The lowest BCUT2D eigenvalue weighted by Gasteiger charge is -2.13. The summed E-state index contributed by atoms with van der Waals surface area (Å²) in [7, 11) is 0. The maximum absolute atomic E-state index is 9.71. The van der Waals surface area contributed by atoms with Crippen LogP contribution in [0.1, 0.15) is 36.4 Å². The van der Waals surface area contributed by atoms with Crippen LogP contribution in [0, 0.1) is 5.92 Å². The Balaban J connectivity index is 1.75. The van der Waals surface area contributed by atoms with Crippen molar-refractivity contribution in [3.8, 4) is 5.75 Å². The molecule has 0 heterocycles. The Bertz CT molecular complexity index is 371. The average Bonchev–Trinajstić information content (AvgIpc) is 2.97. The van der Waals surface area contributed by atoms with Crippen LogP contribution in [-0.4, -0.2) is 11.7 Å². The summed E-state index contributed by atoms with van der Waals surface area (Å²) in [6.07, 6.45) is 4.95. The van der Waals surface area contributed by atoms with Crippen LogP contribution in [0.3, 0.4) is 0 Å². The van der Waals surface area contributed by atoms with Gasteiger partial charge in [-0.25, -0.2) is 0 Å². The zero-order valence-electron chi connectivity index (χ0n) is 8.87. The molecule has 0 radical (unpaired) electrons. The highest BCUT2D eigenvalue weighted by molar-refractivity contribution is 5.44. The van der Waals surface area contributed by atoms with Gasteiger partial charge < -0.3 is 10.4 Å². The molecule has 80 valence electrons. The van der Waals surface area contributed by atoms with E-state index in [0.717, 1.165) is 30.9 Å². The molecule has 2 nitrogen and oxygen atoms in total. The van der Waals surface area contributed by atoms with Gasteiger partial charge in [-0.05, 0) is 55.3 Å². The fourth-order valence-corrected chi connectivity index (χ4v) is 2.48. The summed E-state index contributed by atoms with van der Waals surface area (Å²) >= 11 is 0. The maximum Gasteiger partial charge on any atom is 0.119 e. The molecule has 3 rings (SSSR count). The van der Waals surface area contributed by atoms with Crippen LogP contribution in [0.4, 0.5) is 0 Å². The first-order valence-corrected chi connectivity index (χ1v) is 5.89. The second kappa shape index (κ2) is 3.53. The molecule has 2 aliphatic carbocycles. The lowest BCUT2D eigenvalue weighted by Crippen LogP contribution is -2.21. The van der Waals surface area contributed by atoms with Crippen molar-refractivity contribution in [1.82, 2.24) is 5.32 Å². The Morgan fingerprint density at radius 3 is 2.93 bits per heavy atom. The van der Waals surface area contributed by atoms with Crippen molar-refractivity contribution in [2.24, 2.45) is 5.92 Å². The molecular formula is C13H17NO. The predicted molar refractivity (Wildman–Crippen MR) is 59.9 cm³/mol. The molecule has 0 amide bonds. The van der Waals surface area contributed by atoms with Gasteiger partial charge in [0.05, 0.1) is 0 Å². The van der Waals surface area contributed by atoms with Crippen LogP contribution in [0.2, 0.25) is 0 Å². The third-order valence-electron chi connectivity index (χ3n) is 3.60. The van der Waals surface area contributed by atoms with Gasteiger partial charge in [0.2, 0.25) is 0 Å². The number of hydrogen-bond donors (Lipinski definition) is 2. The predicted octanol–water partition coefficient (Wildman–Crippen LogP) is 2.38. The average molecular weight is 203 g/mol. The normalized spacial score (nSPS) is 24.1. The van der Waals surface area contributed by atoms with Crippen molar-refractivity contribution in [3.63, 3.8) is 0 Å². The fourth-order valence-electron chi connectivity index (χ4n) is 2.48. The van der Waals surface area contributed by atoms with E-state index in [1.807, 2.05) is 6.07 Å². The first kappa shape index (κ1) is 9.22. The monoisotopic (exact) mass is 203 g/mol. The Morgan fingerprint density at radius 1 is 1.27 bits per heavy atom. The van der Waals surface area contributed by atoms with Crippen LogP contribution < -0.4 is 5.32 Å². The van der Waals surface area contributed by atoms with Gasteiger partial charge in [-0.2, -0.15) is 0 Å². The molecule has 1 atom stereocenters. The standard InChI is InChI=1S/C13H17NO/c15-13-3-1-2-10-11(13)6-7-12(10)14-8-9-4-5-9/h1-3,9,12,14-15H,4-8H2. The van der Waals surface area contributed by atoms with Crippen LogP contribution >= 0.6 is 0 Å². The molecule has 1 saturated carbocycles. The lowest BCUT2D eigenvalue weighted by molar-refractivity contribution is 0.469. The van der Waals surface area contributed by atoms with Crippen molar-refractivity contribution in [2.45, 2.75) is 31.7 Å². The number of hydrogen-bond acceptors (Lipinski definition) is 2. The SMILES string of the molecule is Oc1cccc2c1CCC2NCC1CC1. The molecule has 1 aromatic rings. The molecular weight excluding hydrogens is 186 g/mol. The molecule has 1 fully saturated rings. The summed E-state index contributed by atoms with van der Waals surface area (Å²) in [6, 6.07) is 6.37. The van der Waals surface area contributed by atoms with Gasteiger partial charge in [0, 0.05) is 6.04 Å². The first-order chi connectivity index (χ1) is 7.34. The molecule has 0 spiro atoms. The molecule has 2 heteroatoms. The molecule has 2 N–H and O–H groups in total. The van der Waals surface area contributed by atoms with E-state index in [4.69, 9.17) is 0 Å². The van der Waals surface area contributed by atoms with Gasteiger partial charge in [0.1, 0.15) is 5.75 Å². The Kier molecular flexibility index (Phi) is 2.17. The van der Waals surface area contributed by atoms with Crippen molar-refractivity contribution in [2.75, 3.05) is 6.54 Å². The summed E-state index contributed by atoms with van der Waals surface area (Å²) in [5, 5.41) is 13.3. The molecule has 1 aromatic carbocycles. The van der Waals surface area contributed by atoms with Crippen LogP contribution in [0.5, 0.6) is 5.75 Å². The highest BCUT2D eigenvalue weighted by Gasteiger charge is 2.27. The third-order valence-corrected chi connectivity index (χ3v) is 3.60. The van der Waals surface area contributed by atoms with E-state index in [9.17, 15) is 5.11 Å². The minimum Gasteiger partial charge on any atom is -0.508 e. The number of benzene rings is 1. The van der Waals surface area contributed by atoms with Gasteiger partial charge >= 0.3 is 0 Å². The maximum atomic E-state index is 9.71. The van der Waals surface area contributed by atoms with Gasteiger partial charge in [0.25, 0.3) is 0 Å². The van der Waals surface area contributed by atoms with E-state index in [2.05, 4.69) is 11.4 Å². The second-order valence-electron chi connectivity index (χ2n) is 4.79. The van der Waals surface area contributed by atoms with E-state index in [0.29, 0.717) is 11.8 Å². The summed E-state index contributed by atoms with van der Waals surface area (Å²) in [5.74, 6) is 1.40. The van der Waals surface area contributed by atoms with Gasteiger partial charge in [-0.15, -0.1) is 0 Å².